The second-order valence-electron chi connectivity index (χ2n) is 19.0. The summed E-state index contributed by atoms with van der Waals surface area (Å²) in [5.41, 5.74) is 5.48. The SMILES string of the molecule is CCCCCCCCCCCCCC(=O)Cl.CCCCCCCCCCCCCC(=O)N[C@H](CO)COCC[C@H](O)CCCCCCC.CCCCCCC[C@@H](O)CCOC[C@H](N)CO.O=COO.[H-].[Na+]. The van der Waals surface area contributed by atoms with Gasteiger partial charge in [0.25, 0.3) is 0 Å². The summed E-state index contributed by atoms with van der Waals surface area (Å²) in [4.78, 5) is 34.1. The molecule has 0 aliphatic heterocycles. The van der Waals surface area contributed by atoms with Gasteiger partial charge in [-0.2, -0.15) is 0 Å². The molecule has 0 spiro atoms. The zero-order valence-corrected chi connectivity index (χ0v) is 48.9. The van der Waals surface area contributed by atoms with E-state index in [0.29, 0.717) is 52.1 Å². The molecule has 0 heterocycles. The third-order valence-corrected chi connectivity index (χ3v) is 12.2. The number of aliphatic hydroxyl groups is 4. The second-order valence-corrected chi connectivity index (χ2v) is 19.4. The van der Waals surface area contributed by atoms with Crippen LogP contribution in [0.25, 0.3) is 0 Å². The molecule has 1 amide bonds. The molecule has 418 valence electrons. The summed E-state index contributed by atoms with van der Waals surface area (Å²) >= 11 is 5.26. The van der Waals surface area contributed by atoms with E-state index in [2.05, 4.69) is 37.9 Å². The van der Waals surface area contributed by atoms with E-state index in [-0.39, 0.29) is 86.1 Å². The van der Waals surface area contributed by atoms with Crippen molar-refractivity contribution in [3.63, 3.8) is 0 Å². The third kappa shape index (κ3) is 76.5. The largest absolute Gasteiger partial charge is 1.00 e. The van der Waals surface area contributed by atoms with Crippen molar-refractivity contribution in [2.75, 3.05) is 39.6 Å². The molecule has 0 aromatic carbocycles. The standard InChI is InChI=1S/C27H55NO4.C14H27ClO.C13H29NO3.CH2O3.Na.H/c1-3-5-7-9-10-11-12-13-14-16-18-20-27(31)28-25(23-29)24-32-22-21-26(30)19-17-15-8-6-4-2;1-2-3-4-5-6-7-8-9-10-11-12-13-14(15)16;1-2-3-4-5-6-7-13(16)8-9-17-11-12(14)10-15;2-1-4-3;;/h25-26,29-30H,3-24H2,1-2H3,(H,28,31);2-13H2,1H3;12-13,15-16H,2-11,14H2,1H3;1,3H;;/q;;;;+1;-1/t25-,26-;;12-,13-;;;/m1.1.../s1. The summed E-state index contributed by atoms with van der Waals surface area (Å²) in [5.74, 6) is -0.00399. The zero-order chi connectivity index (χ0) is 52.1. The number of hydrogen-bond donors (Lipinski definition) is 7. The molecule has 0 bridgehead atoms. The molecule has 0 saturated carbocycles. The quantitative estimate of drug-likeness (QED) is 0.00757. The molecular formula is C55H114ClN2NaO11. The number of rotatable bonds is 50. The van der Waals surface area contributed by atoms with Crippen LogP contribution >= 0.6 is 11.6 Å². The number of hydrogen-bond acceptors (Lipinski definition) is 12. The number of carbonyl (C=O) groups is 3. The van der Waals surface area contributed by atoms with Crippen molar-refractivity contribution in [2.45, 2.75) is 296 Å². The minimum absolute atomic E-state index is 0. The molecule has 0 fully saturated rings. The molecule has 4 atom stereocenters. The molecule has 70 heavy (non-hydrogen) atoms. The van der Waals surface area contributed by atoms with Gasteiger partial charge in [0.1, 0.15) is 0 Å². The normalized spacial score (nSPS) is 12.4. The smallest absolute Gasteiger partial charge is 1.00 e. The average Bonchev–Trinajstić information content (AvgIpc) is 3.34. The molecule has 0 unspecified atom stereocenters. The van der Waals surface area contributed by atoms with Crippen LogP contribution < -0.4 is 40.6 Å². The Kier molecular flexibility index (Phi) is 79.2. The summed E-state index contributed by atoms with van der Waals surface area (Å²) in [6.07, 6.45) is 43.9. The van der Waals surface area contributed by atoms with E-state index in [0.717, 1.165) is 51.4 Å². The number of nitrogens with two attached hydrogens (primary N) is 1. The number of amides is 1. The number of halogens is 1. The summed E-state index contributed by atoms with van der Waals surface area (Å²) < 4.78 is 10.8. The Hall–Kier alpha value is -0.420. The van der Waals surface area contributed by atoms with Crippen molar-refractivity contribution < 1.29 is 85.4 Å². The van der Waals surface area contributed by atoms with E-state index in [1.54, 1.807) is 0 Å². The molecule has 8 N–H and O–H groups in total. The molecule has 13 nitrogen and oxygen atoms in total. The van der Waals surface area contributed by atoms with E-state index in [1.165, 1.54) is 167 Å². The first-order valence-corrected chi connectivity index (χ1v) is 28.6. The predicted molar refractivity (Wildman–Crippen MR) is 288 cm³/mol. The van der Waals surface area contributed by atoms with Gasteiger partial charge in [-0.3, -0.25) is 14.4 Å². The molecule has 0 aromatic heterocycles. The van der Waals surface area contributed by atoms with Crippen LogP contribution in [0, 0.1) is 0 Å². The van der Waals surface area contributed by atoms with Gasteiger partial charge in [0, 0.05) is 26.1 Å². The van der Waals surface area contributed by atoms with Crippen LogP contribution in [0.3, 0.4) is 0 Å². The maximum atomic E-state index is 12.1. The molecule has 0 aromatic rings. The van der Waals surface area contributed by atoms with Crippen LogP contribution in [0.4, 0.5) is 0 Å². The van der Waals surface area contributed by atoms with Gasteiger partial charge in [0.05, 0.1) is 50.7 Å². The first-order valence-electron chi connectivity index (χ1n) is 28.2. The van der Waals surface area contributed by atoms with Gasteiger partial charge in [0.15, 0.2) is 0 Å². The number of unbranched alkanes of at least 4 members (excludes halogenated alkanes) is 28. The Morgan fingerprint density at radius 3 is 1.16 bits per heavy atom. The fourth-order valence-electron chi connectivity index (χ4n) is 7.53. The zero-order valence-electron chi connectivity index (χ0n) is 47.1. The number of aliphatic hydroxyl groups excluding tert-OH is 4. The van der Waals surface area contributed by atoms with Gasteiger partial charge in [-0.25, -0.2) is 5.26 Å². The fourth-order valence-corrected chi connectivity index (χ4v) is 7.66. The number of carbonyl (C=O) groups excluding carboxylic acids is 3. The van der Waals surface area contributed by atoms with E-state index >= 15 is 0 Å². The summed E-state index contributed by atoms with van der Waals surface area (Å²) in [6.45, 7) is 10.3. The topological polar surface area (TPSA) is 218 Å². The molecule has 0 saturated heterocycles. The average molecular weight is 1040 g/mol. The summed E-state index contributed by atoms with van der Waals surface area (Å²) in [7, 11) is 0. The first kappa shape index (κ1) is 78.5. The maximum Gasteiger partial charge on any atom is 1.00 e. The Morgan fingerprint density at radius 2 is 0.843 bits per heavy atom. The van der Waals surface area contributed by atoms with E-state index in [1.807, 2.05) is 0 Å². The predicted octanol–water partition coefficient (Wildman–Crippen LogP) is 9.93. The number of ether oxygens (including phenoxy) is 2. The molecular weight excluding hydrogens is 923 g/mol. The van der Waals surface area contributed by atoms with Crippen molar-refractivity contribution in [3.05, 3.63) is 0 Å². The third-order valence-electron chi connectivity index (χ3n) is 12.0. The Morgan fingerprint density at radius 1 is 0.529 bits per heavy atom. The maximum absolute atomic E-state index is 12.1. The first-order chi connectivity index (χ1) is 33.5. The van der Waals surface area contributed by atoms with Crippen molar-refractivity contribution in [3.8, 4) is 0 Å². The van der Waals surface area contributed by atoms with Crippen molar-refractivity contribution in [1.82, 2.24) is 5.32 Å². The van der Waals surface area contributed by atoms with Crippen molar-refractivity contribution >= 4 is 29.2 Å². The van der Waals surface area contributed by atoms with Crippen LogP contribution in [-0.4, -0.2) is 107 Å². The number of nitrogens with one attached hydrogen (secondary N) is 1. The van der Waals surface area contributed by atoms with E-state index in [9.17, 15) is 24.9 Å². The van der Waals surface area contributed by atoms with Gasteiger partial charge in [-0.1, -0.05) is 220 Å². The molecule has 15 heteroatoms. The van der Waals surface area contributed by atoms with Crippen molar-refractivity contribution in [2.24, 2.45) is 5.73 Å². The Bertz CT molecular complexity index is 1000. The van der Waals surface area contributed by atoms with Gasteiger partial charge in [0.2, 0.25) is 11.1 Å². The van der Waals surface area contributed by atoms with Crippen LogP contribution in [-0.2, 0) is 28.7 Å². The Labute approximate surface area is 458 Å². The molecule has 0 aliphatic rings. The molecule has 0 rings (SSSR count). The molecule has 0 radical (unpaired) electrons. The molecule has 0 aliphatic carbocycles. The minimum atomic E-state index is -0.360. The second kappa shape index (κ2) is 70.7. The van der Waals surface area contributed by atoms with E-state index in [4.69, 9.17) is 42.0 Å². The van der Waals surface area contributed by atoms with Crippen LogP contribution in [0.5, 0.6) is 0 Å². The van der Waals surface area contributed by atoms with Gasteiger partial charge in [-0.15, -0.1) is 0 Å². The fraction of sp³-hybridized carbons (Fsp3) is 0.945. The Balaban J connectivity index is -0.000000229. The minimum Gasteiger partial charge on any atom is -1.00 e. The monoisotopic (exact) mass is 1040 g/mol. The van der Waals surface area contributed by atoms with Crippen LogP contribution in [0.1, 0.15) is 273 Å². The van der Waals surface area contributed by atoms with Crippen LogP contribution in [0.15, 0.2) is 0 Å². The van der Waals surface area contributed by atoms with Gasteiger partial charge < -0.3 is 47.3 Å². The summed E-state index contributed by atoms with van der Waals surface area (Å²) in [5, 5.41) is 47.5. The van der Waals surface area contributed by atoms with Crippen LogP contribution in [0.2, 0.25) is 0 Å². The summed E-state index contributed by atoms with van der Waals surface area (Å²) in [6, 6.07) is -0.664. The van der Waals surface area contributed by atoms with Gasteiger partial charge in [-0.05, 0) is 50.1 Å². The van der Waals surface area contributed by atoms with E-state index < -0.39 is 0 Å². The van der Waals surface area contributed by atoms with Gasteiger partial charge >= 0.3 is 36.0 Å². The van der Waals surface area contributed by atoms with Crippen molar-refractivity contribution in [1.29, 1.82) is 0 Å².